The highest BCUT2D eigenvalue weighted by atomic mass is 16.5. The van der Waals surface area contributed by atoms with Crippen molar-refractivity contribution in [3.63, 3.8) is 0 Å². The van der Waals surface area contributed by atoms with Gasteiger partial charge in [0.1, 0.15) is 5.75 Å². The normalized spacial score (nSPS) is 12.8. The Balaban J connectivity index is 3.08. The van der Waals surface area contributed by atoms with Gasteiger partial charge in [-0.3, -0.25) is 0 Å². The first-order valence-electron chi connectivity index (χ1n) is 6.52. The maximum Gasteiger partial charge on any atom is 0.122 e. The van der Waals surface area contributed by atoms with E-state index < -0.39 is 0 Å². The van der Waals surface area contributed by atoms with Gasteiger partial charge in [-0.05, 0) is 70.1 Å². The van der Waals surface area contributed by atoms with Crippen LogP contribution in [-0.2, 0) is 0 Å². The lowest BCUT2D eigenvalue weighted by atomic mass is 9.94. The van der Waals surface area contributed by atoms with Crippen molar-refractivity contribution in [2.24, 2.45) is 5.73 Å². The molecule has 0 bridgehead atoms. The van der Waals surface area contributed by atoms with Crippen LogP contribution >= 0.6 is 0 Å². The first-order chi connectivity index (χ1) is 8.51. The molecule has 0 spiro atoms. The lowest BCUT2D eigenvalue weighted by molar-refractivity contribution is 0.279. The summed E-state index contributed by atoms with van der Waals surface area (Å²) in [7, 11) is 5.97. The first kappa shape index (κ1) is 15.0. The van der Waals surface area contributed by atoms with E-state index in [1.165, 1.54) is 16.7 Å². The molecule has 3 heteroatoms. The lowest BCUT2D eigenvalue weighted by Gasteiger charge is -2.27. The molecule has 2 N–H and O–H groups in total. The topological polar surface area (TPSA) is 38.5 Å². The minimum Gasteiger partial charge on any atom is -0.496 e. The van der Waals surface area contributed by atoms with E-state index in [-0.39, 0.29) is 0 Å². The summed E-state index contributed by atoms with van der Waals surface area (Å²) in [6.45, 7) is 4.99. The number of rotatable bonds is 6. The summed E-state index contributed by atoms with van der Waals surface area (Å²) < 4.78 is 5.37. The van der Waals surface area contributed by atoms with Crippen LogP contribution in [0.1, 0.15) is 35.6 Å². The summed E-state index contributed by atoms with van der Waals surface area (Å²) >= 11 is 0. The Hall–Kier alpha value is -1.06. The Morgan fingerprint density at radius 2 is 1.89 bits per heavy atom. The van der Waals surface area contributed by atoms with E-state index in [1.807, 2.05) is 0 Å². The van der Waals surface area contributed by atoms with Crippen LogP contribution in [0.4, 0.5) is 0 Å². The van der Waals surface area contributed by atoms with Gasteiger partial charge in [0, 0.05) is 6.04 Å². The number of ether oxygens (including phenoxy) is 1. The van der Waals surface area contributed by atoms with Crippen LogP contribution in [0, 0.1) is 13.8 Å². The average Bonchev–Trinajstić information content (AvgIpc) is 2.32. The van der Waals surface area contributed by atoms with Gasteiger partial charge in [0.15, 0.2) is 0 Å². The van der Waals surface area contributed by atoms with Gasteiger partial charge in [-0.1, -0.05) is 6.07 Å². The molecule has 0 aliphatic rings. The summed E-state index contributed by atoms with van der Waals surface area (Å²) in [6.07, 6.45) is 2.14. The standard InChI is InChI=1S/C15H26N2O/c1-11-10-15(18-5)12(2)9-13(11)14(17(3)4)7-6-8-16/h9-10,14H,6-8,16H2,1-5H3. The molecule has 0 amide bonds. The van der Waals surface area contributed by atoms with Gasteiger partial charge in [0.2, 0.25) is 0 Å². The molecule has 0 aliphatic carbocycles. The van der Waals surface area contributed by atoms with Crippen molar-refractivity contribution < 1.29 is 4.74 Å². The van der Waals surface area contributed by atoms with Crippen molar-refractivity contribution in [1.29, 1.82) is 0 Å². The van der Waals surface area contributed by atoms with Crippen LogP contribution in [0.25, 0.3) is 0 Å². The highest BCUT2D eigenvalue weighted by molar-refractivity contribution is 5.42. The van der Waals surface area contributed by atoms with Crippen molar-refractivity contribution in [1.82, 2.24) is 4.90 Å². The molecule has 0 heterocycles. The Morgan fingerprint density at radius 1 is 1.22 bits per heavy atom. The fraction of sp³-hybridized carbons (Fsp3) is 0.600. The second-order valence-electron chi connectivity index (χ2n) is 5.09. The molecule has 0 aromatic heterocycles. The van der Waals surface area contributed by atoms with Crippen molar-refractivity contribution in [2.45, 2.75) is 32.7 Å². The summed E-state index contributed by atoms with van der Waals surface area (Å²) in [4.78, 5) is 2.27. The van der Waals surface area contributed by atoms with Gasteiger partial charge >= 0.3 is 0 Å². The van der Waals surface area contributed by atoms with E-state index in [2.05, 4.69) is 45.0 Å². The molecule has 1 aromatic rings. The molecule has 0 saturated heterocycles. The summed E-state index contributed by atoms with van der Waals surface area (Å²) in [5.74, 6) is 0.965. The highest BCUT2D eigenvalue weighted by Gasteiger charge is 2.17. The van der Waals surface area contributed by atoms with Crippen LogP contribution in [0.15, 0.2) is 12.1 Å². The second kappa shape index (κ2) is 6.76. The van der Waals surface area contributed by atoms with Crippen molar-refractivity contribution in [3.8, 4) is 5.75 Å². The predicted molar refractivity (Wildman–Crippen MR) is 77.2 cm³/mol. The zero-order valence-electron chi connectivity index (χ0n) is 12.3. The smallest absolute Gasteiger partial charge is 0.122 e. The zero-order chi connectivity index (χ0) is 13.7. The minimum atomic E-state index is 0.429. The van der Waals surface area contributed by atoms with Gasteiger partial charge in [-0.25, -0.2) is 0 Å². The summed E-state index contributed by atoms with van der Waals surface area (Å²) in [5.41, 5.74) is 9.49. The van der Waals surface area contributed by atoms with Crippen molar-refractivity contribution in [3.05, 3.63) is 28.8 Å². The molecular weight excluding hydrogens is 224 g/mol. The van der Waals surface area contributed by atoms with Gasteiger partial charge < -0.3 is 15.4 Å². The SMILES string of the molecule is COc1cc(C)c(C(CCCN)N(C)C)cc1C. The van der Waals surface area contributed by atoms with Gasteiger partial charge in [-0.2, -0.15) is 0 Å². The molecule has 18 heavy (non-hydrogen) atoms. The van der Waals surface area contributed by atoms with Crippen LogP contribution in [0.2, 0.25) is 0 Å². The first-order valence-corrected chi connectivity index (χ1v) is 6.52. The fourth-order valence-electron chi connectivity index (χ4n) is 2.39. The Bertz CT molecular complexity index is 388. The van der Waals surface area contributed by atoms with Crippen molar-refractivity contribution >= 4 is 0 Å². The Kier molecular flexibility index (Phi) is 5.63. The third-order valence-corrected chi connectivity index (χ3v) is 3.45. The van der Waals surface area contributed by atoms with Crippen molar-refractivity contribution in [2.75, 3.05) is 27.7 Å². The number of benzene rings is 1. The van der Waals surface area contributed by atoms with Crippen LogP contribution in [-0.4, -0.2) is 32.6 Å². The summed E-state index contributed by atoms with van der Waals surface area (Å²) in [5, 5.41) is 0. The maximum absolute atomic E-state index is 5.63. The van der Waals surface area contributed by atoms with E-state index in [4.69, 9.17) is 10.5 Å². The van der Waals surface area contributed by atoms with E-state index in [0.717, 1.165) is 25.1 Å². The molecule has 0 saturated carbocycles. The maximum atomic E-state index is 5.63. The molecule has 1 rings (SSSR count). The third kappa shape index (κ3) is 3.47. The van der Waals surface area contributed by atoms with E-state index >= 15 is 0 Å². The molecule has 0 radical (unpaired) electrons. The highest BCUT2D eigenvalue weighted by Crippen LogP contribution is 2.31. The molecule has 102 valence electrons. The number of hydrogen-bond donors (Lipinski definition) is 1. The second-order valence-corrected chi connectivity index (χ2v) is 5.09. The Morgan fingerprint density at radius 3 is 2.39 bits per heavy atom. The van der Waals surface area contributed by atoms with Crippen LogP contribution in [0.5, 0.6) is 5.75 Å². The predicted octanol–water partition coefficient (Wildman–Crippen LogP) is 2.65. The monoisotopic (exact) mass is 250 g/mol. The third-order valence-electron chi connectivity index (χ3n) is 3.45. The number of nitrogens with zero attached hydrogens (tertiary/aromatic N) is 1. The fourth-order valence-corrected chi connectivity index (χ4v) is 2.39. The van der Waals surface area contributed by atoms with E-state index in [0.29, 0.717) is 6.04 Å². The molecule has 0 fully saturated rings. The molecule has 0 aliphatic heterocycles. The largest absolute Gasteiger partial charge is 0.496 e. The quantitative estimate of drug-likeness (QED) is 0.843. The van der Waals surface area contributed by atoms with Gasteiger partial charge in [-0.15, -0.1) is 0 Å². The van der Waals surface area contributed by atoms with E-state index in [9.17, 15) is 0 Å². The number of aryl methyl sites for hydroxylation is 2. The molecule has 3 nitrogen and oxygen atoms in total. The van der Waals surface area contributed by atoms with E-state index in [1.54, 1.807) is 7.11 Å². The molecule has 1 unspecified atom stereocenters. The number of hydrogen-bond acceptors (Lipinski definition) is 3. The van der Waals surface area contributed by atoms with Gasteiger partial charge in [0.05, 0.1) is 7.11 Å². The van der Waals surface area contributed by atoms with Crippen LogP contribution < -0.4 is 10.5 Å². The zero-order valence-corrected chi connectivity index (χ0v) is 12.3. The molecule has 1 atom stereocenters. The molecular formula is C15H26N2O. The lowest BCUT2D eigenvalue weighted by Crippen LogP contribution is -2.22. The van der Waals surface area contributed by atoms with Gasteiger partial charge in [0.25, 0.3) is 0 Å². The number of methoxy groups -OCH3 is 1. The summed E-state index contributed by atoms with van der Waals surface area (Å²) in [6, 6.07) is 4.80. The minimum absolute atomic E-state index is 0.429. The average molecular weight is 250 g/mol. The van der Waals surface area contributed by atoms with Crippen LogP contribution in [0.3, 0.4) is 0 Å². The Labute approximate surface area is 111 Å². The molecule has 1 aromatic carbocycles. The number of nitrogens with two attached hydrogens (primary N) is 1.